The summed E-state index contributed by atoms with van der Waals surface area (Å²) in [5.74, 6) is 1.17. The topological polar surface area (TPSA) is 76.5 Å². The fraction of sp³-hybridized carbons (Fsp3) is 0.222. The van der Waals surface area contributed by atoms with Gasteiger partial charge in [-0.1, -0.05) is 29.8 Å². The SMILES string of the molecule is CCN(C(=O)Nc1ccc(C)cc1)C(C)c1nc2ccccc2c(=O)n1-c1ccc(OC)cc1. The Morgan fingerprint density at radius 1 is 1.06 bits per heavy atom. The Morgan fingerprint density at radius 2 is 1.74 bits per heavy atom. The fourth-order valence-corrected chi connectivity index (χ4v) is 3.98. The van der Waals surface area contributed by atoms with Crippen molar-refractivity contribution >= 4 is 22.6 Å². The van der Waals surface area contributed by atoms with Crippen LogP contribution in [-0.4, -0.2) is 34.1 Å². The molecule has 174 valence electrons. The third kappa shape index (κ3) is 4.50. The minimum Gasteiger partial charge on any atom is -0.497 e. The van der Waals surface area contributed by atoms with Crippen LogP contribution in [0, 0.1) is 6.92 Å². The smallest absolute Gasteiger partial charge is 0.322 e. The first-order chi connectivity index (χ1) is 16.4. The van der Waals surface area contributed by atoms with Crippen molar-refractivity contribution < 1.29 is 9.53 Å². The van der Waals surface area contributed by atoms with Gasteiger partial charge in [0.15, 0.2) is 0 Å². The van der Waals surface area contributed by atoms with Crippen molar-refractivity contribution in [1.82, 2.24) is 14.5 Å². The second-order valence-electron chi connectivity index (χ2n) is 8.08. The Hall–Kier alpha value is -4.13. The second-order valence-corrected chi connectivity index (χ2v) is 8.08. The van der Waals surface area contributed by atoms with Crippen molar-refractivity contribution in [2.75, 3.05) is 19.0 Å². The lowest BCUT2D eigenvalue weighted by Gasteiger charge is -2.29. The van der Waals surface area contributed by atoms with E-state index in [1.54, 1.807) is 34.8 Å². The monoisotopic (exact) mass is 456 g/mol. The van der Waals surface area contributed by atoms with Crippen LogP contribution in [0.5, 0.6) is 5.75 Å². The van der Waals surface area contributed by atoms with Gasteiger partial charge in [-0.25, -0.2) is 9.78 Å². The molecule has 0 radical (unpaired) electrons. The molecule has 1 N–H and O–H groups in total. The van der Waals surface area contributed by atoms with Gasteiger partial charge in [-0.15, -0.1) is 0 Å². The van der Waals surface area contributed by atoms with Crippen LogP contribution in [0.2, 0.25) is 0 Å². The van der Waals surface area contributed by atoms with Crippen LogP contribution in [-0.2, 0) is 0 Å². The Kier molecular flexibility index (Phi) is 6.63. The molecular formula is C27H28N4O3. The van der Waals surface area contributed by atoms with Gasteiger partial charge in [-0.05, 0) is 69.3 Å². The molecule has 4 rings (SSSR count). The van der Waals surface area contributed by atoms with E-state index in [1.807, 2.05) is 75.4 Å². The molecule has 1 unspecified atom stereocenters. The van der Waals surface area contributed by atoms with Crippen LogP contribution in [0.1, 0.15) is 31.3 Å². The van der Waals surface area contributed by atoms with Crippen molar-refractivity contribution in [2.45, 2.75) is 26.8 Å². The highest BCUT2D eigenvalue weighted by molar-refractivity contribution is 5.89. The number of carbonyl (C=O) groups is 1. The Morgan fingerprint density at radius 3 is 2.38 bits per heavy atom. The Bertz CT molecular complexity index is 1360. The average Bonchev–Trinajstić information content (AvgIpc) is 2.86. The quantitative estimate of drug-likeness (QED) is 0.426. The molecular weight excluding hydrogens is 428 g/mol. The lowest BCUT2D eigenvalue weighted by molar-refractivity contribution is 0.193. The minimum atomic E-state index is -0.477. The number of fused-ring (bicyclic) bond motifs is 1. The summed E-state index contributed by atoms with van der Waals surface area (Å²) in [4.78, 5) is 33.3. The zero-order valence-corrected chi connectivity index (χ0v) is 19.8. The van der Waals surface area contributed by atoms with Gasteiger partial charge in [0, 0.05) is 12.2 Å². The van der Waals surface area contributed by atoms with E-state index in [0.29, 0.717) is 40.4 Å². The van der Waals surface area contributed by atoms with E-state index in [0.717, 1.165) is 5.56 Å². The highest BCUT2D eigenvalue weighted by Gasteiger charge is 2.26. The highest BCUT2D eigenvalue weighted by Crippen LogP contribution is 2.24. The first-order valence-corrected chi connectivity index (χ1v) is 11.2. The molecule has 0 aliphatic rings. The summed E-state index contributed by atoms with van der Waals surface area (Å²) in [6, 6.07) is 21.4. The number of hydrogen-bond donors (Lipinski definition) is 1. The maximum atomic E-state index is 13.6. The summed E-state index contributed by atoms with van der Waals surface area (Å²) in [7, 11) is 1.60. The van der Waals surface area contributed by atoms with Gasteiger partial charge in [0.25, 0.3) is 5.56 Å². The largest absolute Gasteiger partial charge is 0.497 e. The molecule has 7 nitrogen and oxygen atoms in total. The molecule has 0 aliphatic carbocycles. The van der Waals surface area contributed by atoms with Crippen LogP contribution in [0.3, 0.4) is 0 Å². The molecule has 0 saturated carbocycles. The number of para-hydroxylation sites is 1. The van der Waals surface area contributed by atoms with E-state index >= 15 is 0 Å². The maximum Gasteiger partial charge on any atom is 0.322 e. The van der Waals surface area contributed by atoms with E-state index in [4.69, 9.17) is 9.72 Å². The van der Waals surface area contributed by atoms with Crippen LogP contribution in [0.25, 0.3) is 16.6 Å². The van der Waals surface area contributed by atoms with E-state index in [9.17, 15) is 9.59 Å². The number of aryl methyl sites for hydroxylation is 1. The molecule has 4 aromatic rings. The Balaban J connectivity index is 1.79. The van der Waals surface area contributed by atoms with Gasteiger partial charge in [0.05, 0.1) is 29.7 Å². The fourth-order valence-electron chi connectivity index (χ4n) is 3.98. The summed E-state index contributed by atoms with van der Waals surface area (Å²) in [5.41, 5.74) is 2.88. The molecule has 1 atom stereocenters. The van der Waals surface area contributed by atoms with Gasteiger partial charge in [0.2, 0.25) is 0 Å². The summed E-state index contributed by atoms with van der Waals surface area (Å²) >= 11 is 0. The van der Waals surface area contributed by atoms with Crippen molar-refractivity contribution in [3.05, 3.63) is 94.5 Å². The molecule has 1 aromatic heterocycles. The van der Waals surface area contributed by atoms with Gasteiger partial charge in [-0.3, -0.25) is 9.36 Å². The summed E-state index contributed by atoms with van der Waals surface area (Å²) in [6.45, 7) is 6.22. The number of aromatic nitrogens is 2. The van der Waals surface area contributed by atoms with Crippen LogP contribution in [0.4, 0.5) is 10.5 Å². The van der Waals surface area contributed by atoms with E-state index < -0.39 is 6.04 Å². The number of nitrogens with one attached hydrogen (secondary N) is 1. The number of anilines is 1. The number of amides is 2. The molecule has 0 fully saturated rings. The van der Waals surface area contributed by atoms with E-state index in [1.165, 1.54) is 0 Å². The lowest BCUT2D eigenvalue weighted by atomic mass is 10.2. The van der Waals surface area contributed by atoms with Crippen molar-refractivity contribution in [1.29, 1.82) is 0 Å². The maximum absolute atomic E-state index is 13.6. The first kappa shape index (κ1) is 23.0. The molecule has 7 heteroatoms. The minimum absolute atomic E-state index is 0.187. The number of hydrogen-bond acceptors (Lipinski definition) is 4. The summed E-state index contributed by atoms with van der Waals surface area (Å²) < 4.78 is 6.85. The second kappa shape index (κ2) is 9.79. The number of nitrogens with zero attached hydrogens (tertiary/aromatic N) is 3. The molecule has 1 heterocycles. The van der Waals surface area contributed by atoms with Crippen molar-refractivity contribution in [2.24, 2.45) is 0 Å². The Labute approximate surface area is 198 Å². The number of rotatable bonds is 6. The third-order valence-corrected chi connectivity index (χ3v) is 5.88. The van der Waals surface area contributed by atoms with Gasteiger partial charge in [-0.2, -0.15) is 0 Å². The summed E-state index contributed by atoms with van der Waals surface area (Å²) in [6.07, 6.45) is 0. The van der Waals surface area contributed by atoms with Gasteiger partial charge >= 0.3 is 6.03 Å². The molecule has 0 spiro atoms. The standard InChI is InChI=1S/C27H28N4O3/c1-5-30(27(33)28-20-12-10-18(2)11-13-20)19(3)25-29-24-9-7-6-8-23(24)26(32)31(25)21-14-16-22(34-4)17-15-21/h6-17,19H,5H2,1-4H3,(H,28,33). The number of benzene rings is 3. The van der Waals surface area contributed by atoms with Crippen LogP contribution < -0.4 is 15.6 Å². The predicted molar refractivity (Wildman–Crippen MR) is 135 cm³/mol. The van der Waals surface area contributed by atoms with Crippen molar-refractivity contribution in [3.8, 4) is 11.4 Å². The number of urea groups is 1. The van der Waals surface area contributed by atoms with Crippen LogP contribution >= 0.6 is 0 Å². The zero-order valence-electron chi connectivity index (χ0n) is 19.8. The number of carbonyl (C=O) groups excluding carboxylic acids is 1. The molecule has 0 bridgehead atoms. The first-order valence-electron chi connectivity index (χ1n) is 11.2. The molecule has 3 aromatic carbocycles. The van der Waals surface area contributed by atoms with Crippen molar-refractivity contribution in [3.63, 3.8) is 0 Å². The normalized spacial score (nSPS) is 11.8. The molecule has 0 saturated heterocycles. The summed E-state index contributed by atoms with van der Waals surface area (Å²) in [5, 5.41) is 3.47. The highest BCUT2D eigenvalue weighted by atomic mass is 16.5. The molecule has 0 aliphatic heterocycles. The molecule has 2 amide bonds. The molecule has 34 heavy (non-hydrogen) atoms. The lowest BCUT2D eigenvalue weighted by Crippen LogP contribution is -2.39. The predicted octanol–water partition coefficient (Wildman–Crippen LogP) is 5.32. The number of methoxy groups -OCH3 is 1. The third-order valence-electron chi connectivity index (χ3n) is 5.88. The van der Waals surface area contributed by atoms with E-state index in [-0.39, 0.29) is 11.6 Å². The average molecular weight is 457 g/mol. The zero-order chi connectivity index (χ0) is 24.2. The van der Waals surface area contributed by atoms with Gasteiger partial charge < -0.3 is 15.0 Å². The van der Waals surface area contributed by atoms with Gasteiger partial charge in [0.1, 0.15) is 11.6 Å². The number of ether oxygens (including phenoxy) is 1. The van der Waals surface area contributed by atoms with Crippen LogP contribution in [0.15, 0.2) is 77.6 Å². The van der Waals surface area contributed by atoms with E-state index in [2.05, 4.69) is 5.32 Å².